The second kappa shape index (κ2) is 4.83. The summed E-state index contributed by atoms with van der Waals surface area (Å²) in [5, 5.41) is 8.76. The van der Waals surface area contributed by atoms with Crippen molar-refractivity contribution in [3.05, 3.63) is 41.5 Å². The number of benzene rings is 1. The molecule has 0 bridgehead atoms. The molecule has 0 saturated carbocycles. The normalized spacial score (nSPS) is 20.1. The molecule has 0 radical (unpaired) electrons. The Morgan fingerprint density at radius 1 is 1.33 bits per heavy atom. The third-order valence-electron chi connectivity index (χ3n) is 2.74. The van der Waals surface area contributed by atoms with Gasteiger partial charge in [0.2, 0.25) is 0 Å². The highest BCUT2D eigenvalue weighted by atomic mass is 19.4. The predicted octanol–water partition coefficient (Wildman–Crippen LogP) is 3.40. The SMILES string of the molecule is N#CC1CC(c2cccc(C(F)(F)F)c2)=CCO1. The molecular weight excluding hydrogens is 243 g/mol. The third-order valence-corrected chi connectivity index (χ3v) is 2.74. The van der Waals surface area contributed by atoms with Crippen LogP contribution in [0.15, 0.2) is 30.3 Å². The average Bonchev–Trinajstić information content (AvgIpc) is 2.38. The lowest BCUT2D eigenvalue weighted by molar-refractivity contribution is -0.137. The van der Waals surface area contributed by atoms with Crippen molar-refractivity contribution < 1.29 is 17.9 Å². The van der Waals surface area contributed by atoms with Crippen LogP contribution in [0.1, 0.15) is 17.5 Å². The fraction of sp³-hybridized carbons (Fsp3) is 0.308. The standard InChI is InChI=1S/C13H10F3NO/c14-13(15,16)11-3-1-2-9(6-11)10-4-5-18-12(7-10)8-17/h1-4,6,12H,5,7H2. The minimum atomic E-state index is -4.35. The van der Waals surface area contributed by atoms with E-state index < -0.39 is 17.8 Å². The van der Waals surface area contributed by atoms with E-state index in [0.29, 0.717) is 12.0 Å². The molecule has 1 aliphatic rings. The first-order valence-electron chi connectivity index (χ1n) is 5.38. The summed E-state index contributed by atoms with van der Waals surface area (Å²) >= 11 is 0. The molecule has 0 fully saturated rings. The largest absolute Gasteiger partial charge is 0.416 e. The number of ether oxygens (including phenoxy) is 1. The minimum absolute atomic E-state index is 0.254. The first-order valence-corrected chi connectivity index (χ1v) is 5.38. The summed E-state index contributed by atoms with van der Waals surface area (Å²) in [4.78, 5) is 0. The monoisotopic (exact) mass is 253 g/mol. The van der Waals surface area contributed by atoms with Crippen LogP contribution in [0.25, 0.3) is 5.57 Å². The Hall–Kier alpha value is -1.80. The van der Waals surface area contributed by atoms with E-state index in [-0.39, 0.29) is 6.61 Å². The second-order valence-electron chi connectivity index (χ2n) is 3.96. The Morgan fingerprint density at radius 2 is 2.11 bits per heavy atom. The van der Waals surface area contributed by atoms with Gasteiger partial charge in [0.05, 0.1) is 18.2 Å². The second-order valence-corrected chi connectivity index (χ2v) is 3.96. The summed E-state index contributed by atoms with van der Waals surface area (Å²) < 4.78 is 42.9. The zero-order chi connectivity index (χ0) is 13.2. The lowest BCUT2D eigenvalue weighted by atomic mass is 9.96. The number of hydrogen-bond acceptors (Lipinski definition) is 2. The molecule has 0 N–H and O–H groups in total. The van der Waals surface area contributed by atoms with Crippen LogP contribution < -0.4 is 0 Å². The van der Waals surface area contributed by atoms with E-state index in [2.05, 4.69) is 0 Å². The van der Waals surface area contributed by atoms with Crippen LogP contribution in [0.5, 0.6) is 0 Å². The van der Waals surface area contributed by atoms with Gasteiger partial charge in [0.15, 0.2) is 0 Å². The van der Waals surface area contributed by atoms with Crippen molar-refractivity contribution in [2.24, 2.45) is 0 Å². The van der Waals surface area contributed by atoms with Gasteiger partial charge >= 0.3 is 6.18 Å². The summed E-state index contributed by atoms with van der Waals surface area (Å²) in [6, 6.07) is 7.08. The van der Waals surface area contributed by atoms with Gasteiger partial charge in [-0.1, -0.05) is 18.2 Å². The Balaban J connectivity index is 2.30. The smallest absolute Gasteiger partial charge is 0.359 e. The van der Waals surface area contributed by atoms with Gasteiger partial charge in [-0.25, -0.2) is 0 Å². The summed E-state index contributed by atoms with van der Waals surface area (Å²) in [6.45, 7) is 0.254. The average molecular weight is 253 g/mol. The number of nitrogens with zero attached hydrogens (tertiary/aromatic N) is 1. The van der Waals surface area contributed by atoms with E-state index in [0.717, 1.165) is 17.7 Å². The van der Waals surface area contributed by atoms with Crippen LogP contribution >= 0.6 is 0 Å². The minimum Gasteiger partial charge on any atom is -0.359 e. The van der Waals surface area contributed by atoms with Crippen molar-refractivity contribution in [3.63, 3.8) is 0 Å². The molecule has 0 saturated heterocycles. The van der Waals surface area contributed by atoms with Gasteiger partial charge in [0.25, 0.3) is 0 Å². The van der Waals surface area contributed by atoms with Gasteiger partial charge in [-0.3, -0.25) is 0 Å². The maximum Gasteiger partial charge on any atom is 0.416 e. The lowest BCUT2D eigenvalue weighted by Crippen LogP contribution is -2.16. The summed E-state index contributed by atoms with van der Waals surface area (Å²) in [7, 11) is 0. The first-order chi connectivity index (χ1) is 8.50. The number of nitriles is 1. The van der Waals surface area contributed by atoms with E-state index >= 15 is 0 Å². The molecular formula is C13H10F3NO. The van der Waals surface area contributed by atoms with Crippen LogP contribution in [0.4, 0.5) is 13.2 Å². The van der Waals surface area contributed by atoms with Crippen LogP contribution in [0.2, 0.25) is 0 Å². The van der Waals surface area contributed by atoms with Gasteiger partial charge in [-0.05, 0) is 23.3 Å². The quantitative estimate of drug-likeness (QED) is 0.768. The molecule has 2 nitrogen and oxygen atoms in total. The molecule has 1 heterocycles. The molecule has 2 rings (SSSR count). The van der Waals surface area contributed by atoms with Crippen molar-refractivity contribution in [2.45, 2.75) is 18.7 Å². The molecule has 0 aromatic heterocycles. The van der Waals surface area contributed by atoms with E-state index in [1.54, 1.807) is 12.1 Å². The van der Waals surface area contributed by atoms with Crippen molar-refractivity contribution >= 4 is 5.57 Å². The highest BCUT2D eigenvalue weighted by Crippen LogP contribution is 2.32. The molecule has 1 aliphatic heterocycles. The van der Waals surface area contributed by atoms with Gasteiger partial charge < -0.3 is 4.74 Å². The molecule has 0 amide bonds. The number of alkyl halides is 3. The molecule has 1 aromatic rings. The fourth-order valence-corrected chi connectivity index (χ4v) is 1.82. The van der Waals surface area contributed by atoms with E-state index in [1.807, 2.05) is 6.07 Å². The lowest BCUT2D eigenvalue weighted by Gasteiger charge is -2.19. The molecule has 18 heavy (non-hydrogen) atoms. The van der Waals surface area contributed by atoms with Gasteiger partial charge in [0, 0.05) is 6.42 Å². The molecule has 1 atom stereocenters. The first kappa shape index (κ1) is 12.7. The number of halogens is 3. The zero-order valence-corrected chi connectivity index (χ0v) is 9.37. The fourth-order valence-electron chi connectivity index (χ4n) is 1.82. The summed E-state index contributed by atoms with van der Waals surface area (Å²) in [5.74, 6) is 0. The van der Waals surface area contributed by atoms with Crippen molar-refractivity contribution in [2.75, 3.05) is 6.61 Å². The third kappa shape index (κ3) is 2.71. The highest BCUT2D eigenvalue weighted by molar-refractivity contribution is 5.67. The highest BCUT2D eigenvalue weighted by Gasteiger charge is 2.30. The molecule has 94 valence electrons. The van der Waals surface area contributed by atoms with Crippen molar-refractivity contribution in [3.8, 4) is 6.07 Å². The van der Waals surface area contributed by atoms with Crippen molar-refractivity contribution in [1.29, 1.82) is 5.26 Å². The maximum atomic E-state index is 12.6. The summed E-state index contributed by atoms with van der Waals surface area (Å²) in [6.07, 6.45) is -2.91. The number of hydrogen-bond donors (Lipinski definition) is 0. The van der Waals surface area contributed by atoms with E-state index in [4.69, 9.17) is 10.00 Å². The van der Waals surface area contributed by atoms with Crippen molar-refractivity contribution in [1.82, 2.24) is 0 Å². The van der Waals surface area contributed by atoms with Crippen LogP contribution in [-0.2, 0) is 10.9 Å². The topological polar surface area (TPSA) is 33.0 Å². The molecule has 1 unspecified atom stereocenters. The molecule has 5 heteroatoms. The zero-order valence-electron chi connectivity index (χ0n) is 9.37. The Bertz CT molecular complexity index is 514. The summed E-state index contributed by atoms with van der Waals surface area (Å²) in [5.41, 5.74) is 0.535. The van der Waals surface area contributed by atoms with Gasteiger partial charge in [-0.15, -0.1) is 0 Å². The van der Waals surface area contributed by atoms with E-state index in [9.17, 15) is 13.2 Å². The van der Waals surface area contributed by atoms with Gasteiger partial charge in [0.1, 0.15) is 6.10 Å². The van der Waals surface area contributed by atoms with E-state index in [1.165, 1.54) is 6.07 Å². The molecule has 1 aromatic carbocycles. The van der Waals surface area contributed by atoms with Crippen LogP contribution in [0.3, 0.4) is 0 Å². The Kier molecular flexibility index (Phi) is 3.39. The van der Waals surface area contributed by atoms with Crippen LogP contribution in [0, 0.1) is 11.3 Å². The maximum absolute atomic E-state index is 12.6. The number of rotatable bonds is 1. The Morgan fingerprint density at radius 3 is 2.78 bits per heavy atom. The predicted molar refractivity (Wildman–Crippen MR) is 59.4 cm³/mol. The Labute approximate surface area is 102 Å². The van der Waals surface area contributed by atoms with Crippen LogP contribution in [-0.4, -0.2) is 12.7 Å². The molecule has 0 aliphatic carbocycles. The van der Waals surface area contributed by atoms with Gasteiger partial charge in [-0.2, -0.15) is 18.4 Å². The molecule has 0 spiro atoms.